The zero-order valence-corrected chi connectivity index (χ0v) is 15.1. The van der Waals surface area contributed by atoms with Gasteiger partial charge in [-0.2, -0.15) is 0 Å². The molecule has 0 spiro atoms. The van der Waals surface area contributed by atoms with E-state index >= 15 is 0 Å². The Morgan fingerprint density at radius 3 is 2.20 bits per heavy atom. The summed E-state index contributed by atoms with van der Waals surface area (Å²) < 4.78 is 5.19. The highest BCUT2D eigenvalue weighted by Crippen LogP contribution is 2.33. The number of hydrogen-bond acceptors (Lipinski definition) is 1. The minimum atomic E-state index is 1.00. The highest BCUT2D eigenvalue weighted by atomic mass is 16.5. The van der Waals surface area contributed by atoms with Crippen molar-refractivity contribution in [2.45, 2.75) is 51.4 Å². The van der Waals surface area contributed by atoms with Crippen molar-refractivity contribution in [3.63, 3.8) is 0 Å². The molecule has 0 bridgehead atoms. The monoisotopic (exact) mass is 332 g/mol. The van der Waals surface area contributed by atoms with Crippen LogP contribution in [0.25, 0.3) is 21.5 Å². The van der Waals surface area contributed by atoms with Gasteiger partial charge in [0.05, 0.1) is 0 Å². The Bertz CT molecular complexity index is 830. The van der Waals surface area contributed by atoms with Crippen LogP contribution in [0.1, 0.15) is 49.7 Å². The predicted molar refractivity (Wildman–Crippen MR) is 107 cm³/mol. The lowest BCUT2D eigenvalue weighted by molar-refractivity contribution is 0.144. The van der Waals surface area contributed by atoms with Crippen molar-refractivity contribution in [1.82, 2.24) is 0 Å². The summed E-state index contributed by atoms with van der Waals surface area (Å²) in [5, 5.41) is 5.64. The average molecular weight is 332 g/mol. The van der Waals surface area contributed by atoms with Gasteiger partial charge in [0.15, 0.2) is 0 Å². The van der Waals surface area contributed by atoms with E-state index in [0.29, 0.717) is 0 Å². The SMILES string of the molecule is C1CCCOCC1.c1ccc2c(c1)ccc1c3c(ccc12)CCCC3. The van der Waals surface area contributed by atoms with Crippen LogP contribution >= 0.6 is 0 Å². The van der Waals surface area contributed by atoms with Crippen LogP contribution in [-0.4, -0.2) is 13.2 Å². The first kappa shape index (κ1) is 16.6. The molecule has 0 unspecified atom stereocenters. The van der Waals surface area contributed by atoms with Gasteiger partial charge in [0.1, 0.15) is 0 Å². The lowest BCUT2D eigenvalue weighted by Gasteiger charge is -2.18. The molecular formula is C24H28O. The molecule has 1 heterocycles. The molecule has 0 aromatic heterocycles. The summed E-state index contributed by atoms with van der Waals surface area (Å²) >= 11 is 0. The third-order valence-electron chi connectivity index (χ3n) is 5.58. The van der Waals surface area contributed by atoms with Gasteiger partial charge in [-0.3, -0.25) is 0 Å². The fraction of sp³-hybridized carbons (Fsp3) is 0.417. The van der Waals surface area contributed by atoms with E-state index in [9.17, 15) is 0 Å². The van der Waals surface area contributed by atoms with Crippen LogP contribution in [0.15, 0.2) is 48.5 Å². The van der Waals surface area contributed by atoms with Crippen LogP contribution in [0.2, 0.25) is 0 Å². The summed E-state index contributed by atoms with van der Waals surface area (Å²) in [5.74, 6) is 0. The van der Waals surface area contributed by atoms with Gasteiger partial charge in [0.25, 0.3) is 0 Å². The van der Waals surface area contributed by atoms with Crippen molar-refractivity contribution in [2.75, 3.05) is 13.2 Å². The number of hydrogen-bond donors (Lipinski definition) is 0. The lowest BCUT2D eigenvalue weighted by atomic mass is 9.86. The molecular weight excluding hydrogens is 304 g/mol. The summed E-state index contributed by atoms with van der Waals surface area (Å²) in [5.41, 5.74) is 3.17. The van der Waals surface area contributed by atoms with Crippen molar-refractivity contribution in [3.05, 3.63) is 59.7 Å². The number of rotatable bonds is 0. The quantitative estimate of drug-likeness (QED) is 0.430. The third-order valence-corrected chi connectivity index (χ3v) is 5.58. The normalized spacial score (nSPS) is 17.4. The zero-order chi connectivity index (χ0) is 16.9. The van der Waals surface area contributed by atoms with E-state index in [1.54, 1.807) is 11.1 Å². The first-order valence-electron chi connectivity index (χ1n) is 9.93. The summed E-state index contributed by atoms with van der Waals surface area (Å²) in [4.78, 5) is 0. The maximum absolute atomic E-state index is 5.19. The molecule has 0 atom stereocenters. The number of benzene rings is 3. The van der Waals surface area contributed by atoms with Gasteiger partial charge in [0.2, 0.25) is 0 Å². The van der Waals surface area contributed by atoms with E-state index in [2.05, 4.69) is 48.5 Å². The van der Waals surface area contributed by atoms with Crippen molar-refractivity contribution in [2.24, 2.45) is 0 Å². The highest BCUT2D eigenvalue weighted by molar-refractivity contribution is 6.08. The van der Waals surface area contributed by atoms with E-state index in [4.69, 9.17) is 4.74 Å². The summed E-state index contributed by atoms with van der Waals surface area (Å²) in [6, 6.07) is 18.0. The van der Waals surface area contributed by atoms with Crippen molar-refractivity contribution < 1.29 is 4.74 Å². The number of aryl methyl sites for hydroxylation is 2. The number of fused-ring (bicyclic) bond motifs is 5. The Labute approximate surface area is 151 Å². The van der Waals surface area contributed by atoms with Gasteiger partial charge in [-0.25, -0.2) is 0 Å². The first-order chi connectivity index (χ1) is 12.4. The van der Waals surface area contributed by atoms with Crippen LogP contribution in [0.3, 0.4) is 0 Å². The molecule has 3 aromatic rings. The molecule has 1 aliphatic carbocycles. The second-order valence-electron chi connectivity index (χ2n) is 7.32. The molecule has 1 nitrogen and oxygen atoms in total. The topological polar surface area (TPSA) is 9.23 Å². The largest absolute Gasteiger partial charge is 0.381 e. The third kappa shape index (κ3) is 3.72. The van der Waals surface area contributed by atoms with Gasteiger partial charge in [-0.1, -0.05) is 61.4 Å². The summed E-state index contributed by atoms with van der Waals surface area (Å²) in [7, 11) is 0. The second kappa shape index (κ2) is 8.01. The van der Waals surface area contributed by atoms with Crippen molar-refractivity contribution in [1.29, 1.82) is 0 Å². The van der Waals surface area contributed by atoms with Crippen LogP contribution < -0.4 is 0 Å². The molecule has 5 rings (SSSR count). The van der Waals surface area contributed by atoms with Gasteiger partial charge in [0, 0.05) is 13.2 Å². The minimum absolute atomic E-state index is 1.00. The van der Waals surface area contributed by atoms with Crippen LogP contribution in [0, 0.1) is 0 Å². The Balaban J connectivity index is 0.000000190. The van der Waals surface area contributed by atoms with Crippen LogP contribution in [0.5, 0.6) is 0 Å². The molecule has 2 aliphatic rings. The van der Waals surface area contributed by atoms with E-state index in [-0.39, 0.29) is 0 Å². The molecule has 3 aromatic carbocycles. The van der Waals surface area contributed by atoms with E-state index in [0.717, 1.165) is 13.2 Å². The van der Waals surface area contributed by atoms with Gasteiger partial charge >= 0.3 is 0 Å². The molecule has 1 aliphatic heterocycles. The Morgan fingerprint density at radius 1 is 0.560 bits per heavy atom. The number of ether oxygens (including phenoxy) is 1. The Morgan fingerprint density at radius 2 is 1.32 bits per heavy atom. The highest BCUT2D eigenvalue weighted by Gasteiger charge is 2.13. The average Bonchev–Trinajstić information content (AvgIpc) is 3.01. The fourth-order valence-electron chi connectivity index (χ4n) is 4.21. The van der Waals surface area contributed by atoms with Gasteiger partial charge in [-0.05, 0) is 71.2 Å². The summed E-state index contributed by atoms with van der Waals surface area (Å²) in [6.45, 7) is 2.00. The lowest BCUT2D eigenvalue weighted by Crippen LogP contribution is -2.02. The van der Waals surface area contributed by atoms with E-state index < -0.39 is 0 Å². The molecule has 1 heteroatoms. The van der Waals surface area contributed by atoms with Crippen molar-refractivity contribution in [3.8, 4) is 0 Å². The standard InChI is InChI=1S/C18H16.C6H12O/c1-3-7-15-13(5-1)9-11-18-16-8-4-2-6-14(16)10-12-17(15)18;1-2-4-6-7-5-3-1/h1,3,5,7,9-12H,2,4,6,8H2;1-6H2. The minimum Gasteiger partial charge on any atom is -0.381 e. The zero-order valence-electron chi connectivity index (χ0n) is 15.1. The fourth-order valence-corrected chi connectivity index (χ4v) is 4.21. The second-order valence-corrected chi connectivity index (χ2v) is 7.32. The molecule has 130 valence electrons. The smallest absolute Gasteiger partial charge is 0.0466 e. The molecule has 1 fully saturated rings. The van der Waals surface area contributed by atoms with Gasteiger partial charge < -0.3 is 4.74 Å². The first-order valence-corrected chi connectivity index (χ1v) is 9.93. The Kier molecular flexibility index (Phi) is 5.32. The molecule has 0 N–H and O–H groups in total. The van der Waals surface area contributed by atoms with Crippen LogP contribution in [-0.2, 0) is 17.6 Å². The van der Waals surface area contributed by atoms with Crippen LogP contribution in [0.4, 0.5) is 0 Å². The predicted octanol–water partition coefficient (Wildman–Crippen LogP) is 6.45. The maximum atomic E-state index is 5.19. The maximum Gasteiger partial charge on any atom is 0.0466 e. The summed E-state index contributed by atoms with van der Waals surface area (Å²) in [6.07, 6.45) is 10.5. The molecule has 0 radical (unpaired) electrons. The molecule has 0 amide bonds. The van der Waals surface area contributed by atoms with Crippen molar-refractivity contribution >= 4 is 21.5 Å². The van der Waals surface area contributed by atoms with E-state index in [1.165, 1.54) is 72.9 Å². The molecule has 1 saturated heterocycles. The van der Waals surface area contributed by atoms with E-state index in [1.807, 2.05) is 0 Å². The molecule has 0 saturated carbocycles. The van der Waals surface area contributed by atoms with Gasteiger partial charge in [-0.15, -0.1) is 0 Å². The Hall–Kier alpha value is -1.86. The molecule has 25 heavy (non-hydrogen) atoms.